The highest BCUT2D eigenvalue weighted by molar-refractivity contribution is 6.30. The van der Waals surface area contributed by atoms with E-state index in [0.717, 1.165) is 24.5 Å². The monoisotopic (exact) mass is 224 g/mol. The fraction of sp³-hybridized carbons (Fsp3) is 0.500. The SMILES string of the molecule is NCCC1(c2ccc(Cl)cc2)CCCN1. The average molecular weight is 225 g/mol. The minimum Gasteiger partial charge on any atom is -0.330 e. The summed E-state index contributed by atoms with van der Waals surface area (Å²) >= 11 is 5.90. The standard InChI is InChI=1S/C12H17ClN2/c13-11-4-2-10(3-5-11)12(7-8-14)6-1-9-15-12/h2-5,15H,1,6-9,14H2. The molecule has 3 N–H and O–H groups in total. The first-order valence-corrected chi connectivity index (χ1v) is 5.86. The minimum absolute atomic E-state index is 0.0966. The van der Waals surface area contributed by atoms with Crippen LogP contribution in [0.4, 0.5) is 0 Å². The Kier molecular flexibility index (Phi) is 3.29. The summed E-state index contributed by atoms with van der Waals surface area (Å²) in [6.07, 6.45) is 3.39. The Labute approximate surface area is 95.8 Å². The molecule has 1 heterocycles. The van der Waals surface area contributed by atoms with Gasteiger partial charge in [0.1, 0.15) is 0 Å². The van der Waals surface area contributed by atoms with Gasteiger partial charge in [-0.2, -0.15) is 0 Å². The lowest BCUT2D eigenvalue weighted by Gasteiger charge is -2.29. The quantitative estimate of drug-likeness (QED) is 0.827. The van der Waals surface area contributed by atoms with Crippen LogP contribution in [0.15, 0.2) is 24.3 Å². The van der Waals surface area contributed by atoms with Crippen LogP contribution in [0.5, 0.6) is 0 Å². The maximum atomic E-state index is 5.90. The molecule has 0 radical (unpaired) electrons. The Bertz CT molecular complexity index is 315. The van der Waals surface area contributed by atoms with Gasteiger partial charge in [-0.25, -0.2) is 0 Å². The number of benzene rings is 1. The van der Waals surface area contributed by atoms with Gasteiger partial charge in [0.05, 0.1) is 0 Å². The maximum absolute atomic E-state index is 5.90. The zero-order valence-electron chi connectivity index (χ0n) is 8.80. The molecule has 0 aromatic heterocycles. The molecule has 1 saturated heterocycles. The molecule has 2 rings (SSSR count). The second-order valence-corrected chi connectivity index (χ2v) is 4.59. The van der Waals surface area contributed by atoms with E-state index in [2.05, 4.69) is 17.4 Å². The molecule has 0 saturated carbocycles. The maximum Gasteiger partial charge on any atom is 0.0447 e. The Hall–Kier alpha value is -0.570. The molecule has 15 heavy (non-hydrogen) atoms. The van der Waals surface area contributed by atoms with Crippen LogP contribution in [0.1, 0.15) is 24.8 Å². The fourth-order valence-electron chi connectivity index (χ4n) is 2.43. The van der Waals surface area contributed by atoms with Gasteiger partial charge in [-0.1, -0.05) is 23.7 Å². The van der Waals surface area contributed by atoms with Crippen LogP contribution in [-0.4, -0.2) is 13.1 Å². The van der Waals surface area contributed by atoms with E-state index < -0.39 is 0 Å². The van der Waals surface area contributed by atoms with Gasteiger partial charge >= 0.3 is 0 Å². The summed E-state index contributed by atoms with van der Waals surface area (Å²) in [5.41, 5.74) is 7.11. The molecule has 1 aromatic rings. The summed E-state index contributed by atoms with van der Waals surface area (Å²) < 4.78 is 0. The van der Waals surface area contributed by atoms with Gasteiger partial charge in [-0.3, -0.25) is 0 Å². The van der Waals surface area contributed by atoms with E-state index in [0.29, 0.717) is 0 Å². The van der Waals surface area contributed by atoms with Crippen LogP contribution in [0.25, 0.3) is 0 Å². The summed E-state index contributed by atoms with van der Waals surface area (Å²) in [5.74, 6) is 0. The molecular weight excluding hydrogens is 208 g/mol. The van der Waals surface area contributed by atoms with Crippen molar-refractivity contribution >= 4 is 11.6 Å². The van der Waals surface area contributed by atoms with Crippen molar-refractivity contribution in [2.24, 2.45) is 5.73 Å². The highest BCUT2D eigenvalue weighted by Gasteiger charge is 2.33. The first-order valence-electron chi connectivity index (χ1n) is 5.48. The third-order valence-electron chi connectivity index (χ3n) is 3.21. The minimum atomic E-state index is 0.0966. The predicted molar refractivity (Wildman–Crippen MR) is 64.0 cm³/mol. The second-order valence-electron chi connectivity index (χ2n) is 4.16. The summed E-state index contributed by atoms with van der Waals surface area (Å²) in [5, 5.41) is 4.38. The Morgan fingerprint density at radius 1 is 1.33 bits per heavy atom. The highest BCUT2D eigenvalue weighted by Crippen LogP contribution is 2.34. The highest BCUT2D eigenvalue weighted by atomic mass is 35.5. The lowest BCUT2D eigenvalue weighted by Crippen LogP contribution is -2.38. The molecule has 0 aliphatic carbocycles. The number of hydrogen-bond acceptors (Lipinski definition) is 2. The fourth-order valence-corrected chi connectivity index (χ4v) is 2.55. The molecule has 0 amide bonds. The van der Waals surface area contributed by atoms with E-state index in [9.17, 15) is 0 Å². The molecule has 1 fully saturated rings. The van der Waals surface area contributed by atoms with Crippen molar-refractivity contribution < 1.29 is 0 Å². The zero-order chi connectivity index (χ0) is 10.7. The molecule has 1 atom stereocenters. The number of hydrogen-bond donors (Lipinski definition) is 2. The molecule has 1 aromatic carbocycles. The first-order chi connectivity index (χ1) is 7.27. The van der Waals surface area contributed by atoms with E-state index in [-0.39, 0.29) is 5.54 Å². The molecule has 0 spiro atoms. The summed E-state index contributed by atoms with van der Waals surface area (Å²) in [4.78, 5) is 0. The van der Waals surface area contributed by atoms with Crippen molar-refractivity contribution in [1.82, 2.24) is 5.32 Å². The topological polar surface area (TPSA) is 38.0 Å². The Balaban J connectivity index is 2.28. The van der Waals surface area contributed by atoms with Crippen LogP contribution in [0.2, 0.25) is 5.02 Å². The van der Waals surface area contributed by atoms with Crippen molar-refractivity contribution in [2.75, 3.05) is 13.1 Å². The van der Waals surface area contributed by atoms with Crippen LogP contribution in [0, 0.1) is 0 Å². The van der Waals surface area contributed by atoms with Crippen molar-refractivity contribution in [3.05, 3.63) is 34.9 Å². The van der Waals surface area contributed by atoms with Gasteiger partial charge in [0.25, 0.3) is 0 Å². The lowest BCUT2D eigenvalue weighted by atomic mass is 9.85. The second kappa shape index (κ2) is 4.52. The van der Waals surface area contributed by atoms with Gasteiger partial charge in [-0.15, -0.1) is 0 Å². The number of halogens is 1. The number of rotatable bonds is 3. The molecule has 0 bridgehead atoms. The summed E-state index contributed by atoms with van der Waals surface area (Å²) in [6, 6.07) is 8.12. The number of nitrogens with one attached hydrogen (secondary N) is 1. The summed E-state index contributed by atoms with van der Waals surface area (Å²) in [7, 11) is 0. The van der Waals surface area contributed by atoms with Crippen LogP contribution in [-0.2, 0) is 5.54 Å². The lowest BCUT2D eigenvalue weighted by molar-refractivity contribution is 0.365. The zero-order valence-corrected chi connectivity index (χ0v) is 9.56. The smallest absolute Gasteiger partial charge is 0.0447 e. The Morgan fingerprint density at radius 2 is 2.07 bits per heavy atom. The van der Waals surface area contributed by atoms with Crippen LogP contribution < -0.4 is 11.1 Å². The van der Waals surface area contributed by atoms with E-state index in [1.807, 2.05) is 12.1 Å². The Morgan fingerprint density at radius 3 is 2.60 bits per heavy atom. The van der Waals surface area contributed by atoms with Gasteiger partial charge in [0.2, 0.25) is 0 Å². The van der Waals surface area contributed by atoms with E-state index in [1.54, 1.807) is 0 Å². The molecule has 82 valence electrons. The van der Waals surface area contributed by atoms with Crippen molar-refractivity contribution in [3.63, 3.8) is 0 Å². The van der Waals surface area contributed by atoms with Crippen LogP contribution >= 0.6 is 11.6 Å². The van der Waals surface area contributed by atoms with Crippen molar-refractivity contribution in [3.8, 4) is 0 Å². The molecular formula is C12H17ClN2. The van der Waals surface area contributed by atoms with Crippen molar-refractivity contribution in [1.29, 1.82) is 0 Å². The predicted octanol–water partition coefficient (Wildman–Crippen LogP) is 2.27. The molecule has 1 unspecified atom stereocenters. The van der Waals surface area contributed by atoms with E-state index in [4.69, 9.17) is 17.3 Å². The van der Waals surface area contributed by atoms with E-state index >= 15 is 0 Å². The first kappa shape index (κ1) is 10.9. The average Bonchev–Trinajstić information content (AvgIpc) is 2.69. The number of nitrogens with two attached hydrogens (primary N) is 1. The normalized spacial score (nSPS) is 25.7. The van der Waals surface area contributed by atoms with E-state index in [1.165, 1.54) is 18.4 Å². The molecule has 1 aliphatic heterocycles. The third kappa shape index (κ3) is 2.17. The van der Waals surface area contributed by atoms with Crippen LogP contribution in [0.3, 0.4) is 0 Å². The van der Waals surface area contributed by atoms with Gasteiger partial charge in [0.15, 0.2) is 0 Å². The molecule has 2 nitrogen and oxygen atoms in total. The largest absolute Gasteiger partial charge is 0.330 e. The van der Waals surface area contributed by atoms with Gasteiger partial charge < -0.3 is 11.1 Å². The summed E-state index contributed by atoms with van der Waals surface area (Å²) in [6.45, 7) is 1.80. The van der Waals surface area contributed by atoms with Gasteiger partial charge in [0, 0.05) is 10.6 Å². The third-order valence-corrected chi connectivity index (χ3v) is 3.46. The van der Waals surface area contributed by atoms with Gasteiger partial charge in [-0.05, 0) is 50.0 Å². The molecule has 1 aliphatic rings. The molecule has 3 heteroatoms. The van der Waals surface area contributed by atoms with Crippen molar-refractivity contribution in [2.45, 2.75) is 24.8 Å².